The van der Waals surface area contributed by atoms with Crippen LogP contribution in [-0.4, -0.2) is 35.0 Å². The first-order chi connectivity index (χ1) is 16.1. The molecule has 2 aromatic carbocycles. The fourth-order valence-corrected chi connectivity index (χ4v) is 5.77. The molecule has 1 heterocycles. The van der Waals surface area contributed by atoms with E-state index < -0.39 is 23.8 Å². The number of hydrogen-bond donors (Lipinski definition) is 2. The van der Waals surface area contributed by atoms with Crippen LogP contribution in [0.4, 0.5) is 8.78 Å². The number of carbonyl (C=O) groups is 2. The average molecular weight is 512 g/mol. The minimum Gasteiger partial charge on any atom is -0.484 e. The molecule has 34 heavy (non-hydrogen) atoms. The Balaban J connectivity index is 1.11. The highest BCUT2D eigenvalue weighted by Crippen LogP contribution is 2.69. The molecule has 2 aromatic rings. The van der Waals surface area contributed by atoms with Gasteiger partial charge in [-0.05, 0) is 42.9 Å². The van der Waals surface area contributed by atoms with E-state index in [-0.39, 0.29) is 63.6 Å². The third-order valence-corrected chi connectivity index (χ3v) is 7.43. The summed E-state index contributed by atoms with van der Waals surface area (Å²) in [6, 6.07) is 6.35. The van der Waals surface area contributed by atoms with Gasteiger partial charge in [-0.3, -0.25) is 9.59 Å². The third kappa shape index (κ3) is 4.23. The zero-order chi connectivity index (χ0) is 24.3. The van der Waals surface area contributed by atoms with Gasteiger partial charge in [-0.15, -0.1) is 0 Å². The van der Waals surface area contributed by atoms with Gasteiger partial charge in [0.25, 0.3) is 5.91 Å². The molecule has 0 spiro atoms. The monoisotopic (exact) mass is 511 g/mol. The number of ketones is 1. The normalized spacial score (nSPS) is 28.6. The Morgan fingerprint density at radius 3 is 2.53 bits per heavy atom. The zero-order valence-corrected chi connectivity index (χ0v) is 19.4. The fraction of sp³-hybridized carbons (Fsp3) is 0.417. The smallest absolute Gasteiger partial charge is 0.258 e. The second kappa shape index (κ2) is 8.36. The number of aliphatic hydroxyl groups is 1. The minimum absolute atomic E-state index is 0.0283. The van der Waals surface area contributed by atoms with E-state index in [2.05, 4.69) is 5.32 Å². The summed E-state index contributed by atoms with van der Waals surface area (Å²) in [6.45, 7) is -0.261. The Kier molecular flexibility index (Phi) is 5.73. The number of hydrogen-bond acceptors (Lipinski definition) is 5. The highest BCUT2D eigenvalue weighted by Gasteiger charge is 2.68. The standard InChI is InChI=1S/C24H21Cl2F2NO5/c25-14-2-1-12(3-16(14)27)33-8-22(32)29-24-9-23(10-24,11-24)7-19(31)21-6-18(30)13-4-15(26)17(28)5-20(13)34-21/h1-5,18,21,30H,6-11H2,(H,29,32)/t18-,21-,23?,24?/m1/s1. The maximum Gasteiger partial charge on any atom is 0.258 e. The van der Waals surface area contributed by atoms with Crippen LogP contribution in [0.2, 0.25) is 10.0 Å². The molecule has 1 aliphatic heterocycles. The van der Waals surface area contributed by atoms with Crippen molar-refractivity contribution < 1.29 is 33.0 Å². The first kappa shape index (κ1) is 23.3. The molecule has 6 nitrogen and oxygen atoms in total. The van der Waals surface area contributed by atoms with Crippen LogP contribution in [0, 0.1) is 17.0 Å². The molecule has 180 valence electrons. The van der Waals surface area contributed by atoms with Gasteiger partial charge in [0.1, 0.15) is 23.1 Å². The average Bonchev–Trinajstić information content (AvgIpc) is 2.73. The molecule has 3 aliphatic carbocycles. The summed E-state index contributed by atoms with van der Waals surface area (Å²) in [4.78, 5) is 25.1. The first-order valence-electron chi connectivity index (χ1n) is 10.8. The highest BCUT2D eigenvalue weighted by atomic mass is 35.5. The van der Waals surface area contributed by atoms with E-state index in [0.717, 1.165) is 12.1 Å². The predicted octanol–water partition coefficient (Wildman–Crippen LogP) is 4.53. The van der Waals surface area contributed by atoms with Gasteiger partial charge in [0.15, 0.2) is 18.5 Å². The van der Waals surface area contributed by atoms with Crippen LogP contribution in [0.3, 0.4) is 0 Å². The highest BCUT2D eigenvalue weighted by molar-refractivity contribution is 6.31. The van der Waals surface area contributed by atoms with Crippen LogP contribution in [-0.2, 0) is 9.59 Å². The first-order valence-corrected chi connectivity index (χ1v) is 11.6. The summed E-state index contributed by atoms with van der Waals surface area (Å²) in [7, 11) is 0. The number of ether oxygens (including phenoxy) is 2. The van der Waals surface area contributed by atoms with Crippen molar-refractivity contribution in [1.29, 1.82) is 0 Å². The van der Waals surface area contributed by atoms with Crippen molar-refractivity contribution in [2.45, 2.75) is 49.9 Å². The van der Waals surface area contributed by atoms with Crippen LogP contribution in [0.15, 0.2) is 30.3 Å². The molecule has 3 saturated carbocycles. The van der Waals surface area contributed by atoms with Crippen LogP contribution < -0.4 is 14.8 Å². The van der Waals surface area contributed by atoms with Crippen molar-refractivity contribution in [3.8, 4) is 11.5 Å². The number of fused-ring (bicyclic) bond motifs is 1. The fourth-order valence-electron chi connectivity index (χ4n) is 5.48. The van der Waals surface area contributed by atoms with E-state index in [4.69, 9.17) is 32.7 Å². The molecule has 10 heteroatoms. The Morgan fingerprint density at radius 1 is 1.12 bits per heavy atom. The molecule has 1 amide bonds. The predicted molar refractivity (Wildman–Crippen MR) is 119 cm³/mol. The maximum absolute atomic E-state index is 13.8. The Morgan fingerprint density at radius 2 is 1.82 bits per heavy atom. The van der Waals surface area contributed by atoms with Gasteiger partial charge >= 0.3 is 0 Å². The molecule has 2 N–H and O–H groups in total. The maximum atomic E-state index is 13.8. The van der Waals surface area contributed by atoms with Crippen molar-refractivity contribution in [3.63, 3.8) is 0 Å². The number of amides is 1. The summed E-state index contributed by atoms with van der Waals surface area (Å²) in [5, 5.41) is 13.2. The Hall–Kier alpha value is -2.42. The number of halogens is 4. The van der Waals surface area contributed by atoms with Crippen LogP contribution >= 0.6 is 23.2 Å². The molecule has 0 radical (unpaired) electrons. The molecule has 6 rings (SSSR count). The topological polar surface area (TPSA) is 84.9 Å². The number of carbonyl (C=O) groups excluding carboxylic acids is 2. The van der Waals surface area contributed by atoms with Gasteiger partial charge in [-0.1, -0.05) is 23.2 Å². The quantitative estimate of drug-likeness (QED) is 0.570. The Bertz CT molecular complexity index is 1170. The summed E-state index contributed by atoms with van der Waals surface area (Å²) in [6.07, 6.45) is 0.469. The van der Waals surface area contributed by atoms with E-state index in [1.165, 1.54) is 18.2 Å². The lowest BCUT2D eigenvalue weighted by atomic mass is 9.38. The van der Waals surface area contributed by atoms with E-state index >= 15 is 0 Å². The number of rotatable bonds is 7. The van der Waals surface area contributed by atoms with Gasteiger partial charge in [0.2, 0.25) is 0 Å². The van der Waals surface area contributed by atoms with Gasteiger partial charge in [0.05, 0.1) is 16.1 Å². The largest absolute Gasteiger partial charge is 0.484 e. The molecule has 2 atom stereocenters. The van der Waals surface area contributed by atoms with Crippen molar-refractivity contribution in [1.82, 2.24) is 5.32 Å². The molecular formula is C24H21Cl2F2NO5. The van der Waals surface area contributed by atoms with Crippen molar-refractivity contribution in [2.24, 2.45) is 5.41 Å². The summed E-state index contributed by atoms with van der Waals surface area (Å²) in [5.74, 6) is -1.46. The molecule has 0 saturated heterocycles. The van der Waals surface area contributed by atoms with E-state index in [0.29, 0.717) is 24.8 Å². The van der Waals surface area contributed by atoms with Crippen molar-refractivity contribution in [2.75, 3.05) is 6.61 Å². The van der Waals surface area contributed by atoms with Crippen molar-refractivity contribution >= 4 is 34.9 Å². The van der Waals surface area contributed by atoms with Crippen LogP contribution in [0.1, 0.15) is 43.8 Å². The summed E-state index contributed by atoms with van der Waals surface area (Å²) >= 11 is 11.4. The van der Waals surface area contributed by atoms with E-state index in [1.807, 2.05) is 0 Å². The second-order valence-corrected chi connectivity index (χ2v) is 10.3. The molecule has 0 aromatic heterocycles. The lowest BCUT2D eigenvalue weighted by molar-refractivity contribution is -0.175. The van der Waals surface area contributed by atoms with Gasteiger partial charge in [0, 0.05) is 36.1 Å². The van der Waals surface area contributed by atoms with Crippen LogP contribution in [0.5, 0.6) is 11.5 Å². The number of aliphatic hydroxyl groups excluding tert-OH is 1. The lowest BCUT2D eigenvalue weighted by Gasteiger charge is -2.70. The van der Waals surface area contributed by atoms with Crippen LogP contribution in [0.25, 0.3) is 0 Å². The Labute approximate surface area is 204 Å². The third-order valence-electron chi connectivity index (χ3n) is 6.83. The number of nitrogens with one attached hydrogen (secondary N) is 1. The van der Waals surface area contributed by atoms with Gasteiger partial charge in [-0.25, -0.2) is 8.78 Å². The van der Waals surface area contributed by atoms with Crippen molar-refractivity contribution in [3.05, 3.63) is 57.6 Å². The molecule has 0 unspecified atom stereocenters. The van der Waals surface area contributed by atoms with Gasteiger partial charge in [-0.2, -0.15) is 0 Å². The van der Waals surface area contributed by atoms with E-state index in [1.54, 1.807) is 0 Å². The summed E-state index contributed by atoms with van der Waals surface area (Å²) < 4.78 is 38.3. The zero-order valence-electron chi connectivity index (χ0n) is 17.9. The number of benzene rings is 2. The van der Waals surface area contributed by atoms with E-state index in [9.17, 15) is 23.5 Å². The SMILES string of the molecule is O=C(COc1ccc(Cl)c(F)c1)NC12CC(CC(=O)[C@H]3C[C@@H](O)c4cc(Cl)c(F)cc4O3)(C1)C2. The van der Waals surface area contributed by atoms with Gasteiger partial charge < -0.3 is 19.9 Å². The number of Topliss-reactive ketones (excluding diaryl/α,β-unsaturated/α-hetero) is 1. The summed E-state index contributed by atoms with van der Waals surface area (Å²) in [5.41, 5.74) is -0.193. The lowest BCUT2D eigenvalue weighted by Crippen LogP contribution is -2.75. The molecule has 3 fully saturated rings. The molecule has 2 bridgehead atoms. The molecule has 4 aliphatic rings. The minimum atomic E-state index is -0.969. The second-order valence-electron chi connectivity index (χ2n) is 9.53. The molecular weight excluding hydrogens is 491 g/mol.